The van der Waals surface area contributed by atoms with Gasteiger partial charge >= 0.3 is 6.09 Å². The Hall–Kier alpha value is -1.32. The zero-order valence-corrected chi connectivity index (χ0v) is 12.9. The van der Waals surface area contributed by atoms with Gasteiger partial charge in [-0.25, -0.2) is 4.79 Å². The molecule has 1 saturated heterocycles. The van der Waals surface area contributed by atoms with E-state index in [9.17, 15) is 4.79 Å². The Kier molecular flexibility index (Phi) is 6.24. The number of nitriles is 1. The van der Waals surface area contributed by atoms with Crippen molar-refractivity contribution in [2.45, 2.75) is 38.9 Å². The van der Waals surface area contributed by atoms with E-state index in [2.05, 4.69) is 11.0 Å². The second-order valence-electron chi connectivity index (χ2n) is 6.06. The molecule has 1 rings (SSSR count). The van der Waals surface area contributed by atoms with Crippen molar-refractivity contribution in [1.82, 2.24) is 9.80 Å². The second-order valence-corrected chi connectivity index (χ2v) is 6.06. The van der Waals surface area contributed by atoms with Crippen molar-refractivity contribution in [2.75, 3.05) is 39.8 Å². The molecule has 1 amide bonds. The van der Waals surface area contributed by atoms with E-state index in [0.29, 0.717) is 19.6 Å². The Morgan fingerprint density at radius 1 is 1.55 bits per heavy atom. The van der Waals surface area contributed by atoms with Gasteiger partial charge < -0.3 is 14.4 Å². The lowest BCUT2D eigenvalue weighted by Crippen LogP contribution is -2.46. The van der Waals surface area contributed by atoms with E-state index in [-0.39, 0.29) is 12.2 Å². The predicted molar refractivity (Wildman–Crippen MR) is 75.3 cm³/mol. The summed E-state index contributed by atoms with van der Waals surface area (Å²) in [5.74, 6) is 0. The molecular weight excluding hydrogens is 258 g/mol. The molecule has 0 radical (unpaired) electrons. The Bertz CT molecular complexity index is 360. The Labute approximate surface area is 121 Å². The van der Waals surface area contributed by atoms with Crippen molar-refractivity contribution in [3.8, 4) is 6.07 Å². The summed E-state index contributed by atoms with van der Waals surface area (Å²) in [5, 5.41) is 8.69. The van der Waals surface area contributed by atoms with Gasteiger partial charge in [-0.1, -0.05) is 0 Å². The number of carbonyl (C=O) groups is 1. The number of carbonyl (C=O) groups excluding carboxylic acids is 1. The van der Waals surface area contributed by atoms with Gasteiger partial charge in [0.05, 0.1) is 25.2 Å². The van der Waals surface area contributed by atoms with Gasteiger partial charge in [-0.05, 0) is 20.8 Å². The van der Waals surface area contributed by atoms with E-state index in [1.165, 1.54) is 0 Å². The highest BCUT2D eigenvalue weighted by Gasteiger charge is 2.22. The summed E-state index contributed by atoms with van der Waals surface area (Å²) < 4.78 is 10.8. The molecule has 1 fully saturated rings. The molecule has 0 N–H and O–H groups in total. The largest absolute Gasteiger partial charge is 0.444 e. The molecule has 1 aliphatic rings. The molecule has 0 aromatic heterocycles. The van der Waals surface area contributed by atoms with Crippen LogP contribution in [0, 0.1) is 11.3 Å². The first-order valence-electron chi connectivity index (χ1n) is 6.97. The molecule has 0 aromatic rings. The van der Waals surface area contributed by atoms with E-state index in [1.807, 2.05) is 20.8 Å². The topological polar surface area (TPSA) is 65.8 Å². The lowest BCUT2D eigenvalue weighted by molar-refractivity contribution is -0.0281. The fourth-order valence-corrected chi connectivity index (χ4v) is 1.93. The van der Waals surface area contributed by atoms with E-state index >= 15 is 0 Å². The van der Waals surface area contributed by atoms with Crippen molar-refractivity contribution in [3.05, 3.63) is 0 Å². The van der Waals surface area contributed by atoms with Crippen LogP contribution in [0.5, 0.6) is 0 Å². The highest BCUT2D eigenvalue weighted by Crippen LogP contribution is 2.10. The zero-order valence-electron chi connectivity index (χ0n) is 12.9. The molecule has 0 spiro atoms. The van der Waals surface area contributed by atoms with Gasteiger partial charge in [-0.2, -0.15) is 5.26 Å². The maximum atomic E-state index is 11.8. The number of hydrogen-bond donors (Lipinski definition) is 0. The molecule has 6 nitrogen and oxygen atoms in total. The summed E-state index contributed by atoms with van der Waals surface area (Å²) in [6, 6.07) is 2.13. The van der Waals surface area contributed by atoms with Crippen molar-refractivity contribution >= 4 is 6.09 Å². The lowest BCUT2D eigenvalue weighted by Gasteiger charge is -2.33. The minimum atomic E-state index is -0.470. The average molecular weight is 283 g/mol. The van der Waals surface area contributed by atoms with Crippen LogP contribution in [0.3, 0.4) is 0 Å². The van der Waals surface area contributed by atoms with Gasteiger partial charge in [-0.15, -0.1) is 0 Å². The fourth-order valence-electron chi connectivity index (χ4n) is 1.93. The molecule has 0 aromatic carbocycles. The van der Waals surface area contributed by atoms with Crippen molar-refractivity contribution in [1.29, 1.82) is 5.26 Å². The van der Waals surface area contributed by atoms with Crippen LogP contribution in [-0.4, -0.2) is 67.4 Å². The maximum Gasteiger partial charge on any atom is 0.410 e. The second kappa shape index (κ2) is 7.46. The highest BCUT2D eigenvalue weighted by molar-refractivity contribution is 5.67. The number of morpholine rings is 1. The molecule has 0 saturated carbocycles. The zero-order chi connectivity index (χ0) is 15.2. The van der Waals surface area contributed by atoms with Crippen LogP contribution < -0.4 is 0 Å². The SMILES string of the molecule is CN(CCN1CCO[C@@H](CC#N)C1)C(=O)OC(C)(C)C. The molecule has 0 unspecified atom stereocenters. The molecular formula is C14H25N3O3. The number of ether oxygens (including phenoxy) is 2. The Morgan fingerprint density at radius 3 is 2.85 bits per heavy atom. The number of rotatable bonds is 4. The molecule has 1 atom stereocenters. The van der Waals surface area contributed by atoms with Crippen LogP contribution in [0.4, 0.5) is 4.79 Å². The first-order valence-corrected chi connectivity index (χ1v) is 6.97. The van der Waals surface area contributed by atoms with Crippen LogP contribution in [-0.2, 0) is 9.47 Å². The van der Waals surface area contributed by atoms with Crippen molar-refractivity contribution in [2.24, 2.45) is 0 Å². The van der Waals surface area contributed by atoms with Crippen LogP contribution in [0.25, 0.3) is 0 Å². The van der Waals surface area contributed by atoms with Gasteiger partial charge in [0.15, 0.2) is 0 Å². The third-order valence-corrected chi connectivity index (χ3v) is 3.00. The standard InChI is InChI=1S/C14H25N3O3/c1-14(2,3)20-13(18)16(4)7-8-17-9-10-19-12(11-17)5-6-15/h12H,5,7-11H2,1-4H3/t12-/m0/s1. The van der Waals surface area contributed by atoms with Crippen LogP contribution in [0.1, 0.15) is 27.2 Å². The summed E-state index contributed by atoms with van der Waals surface area (Å²) in [4.78, 5) is 15.6. The monoisotopic (exact) mass is 283 g/mol. The molecule has 114 valence electrons. The number of amides is 1. The molecule has 6 heteroatoms. The smallest absolute Gasteiger partial charge is 0.410 e. The summed E-state index contributed by atoms with van der Waals surface area (Å²) >= 11 is 0. The predicted octanol–water partition coefficient (Wildman–Crippen LogP) is 1.47. The van der Waals surface area contributed by atoms with E-state index in [1.54, 1.807) is 11.9 Å². The fraction of sp³-hybridized carbons (Fsp3) is 0.857. The Morgan fingerprint density at radius 2 is 2.25 bits per heavy atom. The molecule has 0 aliphatic carbocycles. The van der Waals surface area contributed by atoms with E-state index < -0.39 is 5.60 Å². The molecule has 1 heterocycles. The summed E-state index contributed by atoms with van der Waals surface area (Å²) in [5.41, 5.74) is -0.470. The third kappa shape index (κ3) is 6.22. The van der Waals surface area contributed by atoms with Gasteiger partial charge in [0.1, 0.15) is 5.60 Å². The first kappa shape index (κ1) is 16.7. The normalized spacial score (nSPS) is 20.2. The molecule has 20 heavy (non-hydrogen) atoms. The van der Waals surface area contributed by atoms with Crippen LogP contribution in [0.15, 0.2) is 0 Å². The van der Waals surface area contributed by atoms with E-state index in [4.69, 9.17) is 14.7 Å². The third-order valence-electron chi connectivity index (χ3n) is 3.00. The minimum absolute atomic E-state index is 0.0133. The number of nitrogens with zero attached hydrogens (tertiary/aromatic N) is 3. The van der Waals surface area contributed by atoms with Crippen LogP contribution in [0.2, 0.25) is 0 Å². The summed E-state index contributed by atoms with van der Waals surface area (Å²) in [6.07, 6.45) is 0.0956. The van der Waals surface area contributed by atoms with Gasteiger partial charge in [-0.3, -0.25) is 4.90 Å². The summed E-state index contributed by atoms with van der Waals surface area (Å²) in [6.45, 7) is 9.16. The maximum absolute atomic E-state index is 11.8. The lowest BCUT2D eigenvalue weighted by atomic mass is 10.2. The Balaban J connectivity index is 2.32. The van der Waals surface area contributed by atoms with Gasteiger partial charge in [0, 0.05) is 33.2 Å². The quantitative estimate of drug-likeness (QED) is 0.781. The van der Waals surface area contributed by atoms with E-state index in [0.717, 1.165) is 19.6 Å². The van der Waals surface area contributed by atoms with Crippen molar-refractivity contribution in [3.63, 3.8) is 0 Å². The van der Waals surface area contributed by atoms with Crippen molar-refractivity contribution < 1.29 is 14.3 Å². The summed E-state index contributed by atoms with van der Waals surface area (Å²) in [7, 11) is 1.74. The molecule has 0 bridgehead atoms. The number of likely N-dealkylation sites (N-methyl/N-ethyl adjacent to an activating group) is 1. The number of hydrogen-bond acceptors (Lipinski definition) is 5. The van der Waals surface area contributed by atoms with Gasteiger partial charge in [0.2, 0.25) is 0 Å². The first-order chi connectivity index (χ1) is 9.31. The minimum Gasteiger partial charge on any atom is -0.444 e. The van der Waals surface area contributed by atoms with Crippen LogP contribution >= 0.6 is 0 Å². The van der Waals surface area contributed by atoms with Gasteiger partial charge in [0.25, 0.3) is 0 Å². The average Bonchev–Trinajstić information content (AvgIpc) is 2.35. The highest BCUT2D eigenvalue weighted by atomic mass is 16.6. The molecule has 1 aliphatic heterocycles.